The average molecular weight is 280 g/mol. The van der Waals surface area contributed by atoms with E-state index in [4.69, 9.17) is 14.7 Å². The Labute approximate surface area is 117 Å². The Balaban J connectivity index is 2.62. The summed E-state index contributed by atoms with van der Waals surface area (Å²) < 4.78 is 22.1. The van der Waals surface area contributed by atoms with Gasteiger partial charge in [0.2, 0.25) is 12.8 Å². The van der Waals surface area contributed by atoms with E-state index in [2.05, 4.69) is 5.32 Å². The van der Waals surface area contributed by atoms with Gasteiger partial charge in [0, 0.05) is 6.42 Å². The fourth-order valence-corrected chi connectivity index (χ4v) is 1.65. The highest BCUT2D eigenvalue weighted by Gasteiger charge is 2.09. The van der Waals surface area contributed by atoms with E-state index in [0.717, 1.165) is 5.56 Å². The van der Waals surface area contributed by atoms with Crippen LogP contribution in [0.4, 0.5) is 4.39 Å². The second kappa shape index (κ2) is 8.00. The fourth-order valence-electron chi connectivity index (χ4n) is 1.65. The fraction of sp³-hybridized carbons (Fsp3) is 0.429. The molecule has 1 rings (SSSR count). The topological polar surface area (TPSA) is 71.3 Å². The molecule has 0 spiro atoms. The molecular formula is C14H17FN2O3. The molecule has 0 radical (unpaired) electrons. The SMILES string of the molecule is COc1ccc(CCC(=O)NC(C)C#N)cc1OCF. The third kappa shape index (κ3) is 4.76. The Morgan fingerprint density at radius 1 is 1.50 bits per heavy atom. The summed E-state index contributed by atoms with van der Waals surface area (Å²) in [6.45, 7) is 0.665. The predicted molar refractivity (Wildman–Crippen MR) is 71.1 cm³/mol. The number of carbonyl (C=O) groups excluding carboxylic acids is 1. The molecule has 20 heavy (non-hydrogen) atoms. The molecule has 0 saturated heterocycles. The van der Waals surface area contributed by atoms with Crippen molar-refractivity contribution in [3.63, 3.8) is 0 Å². The summed E-state index contributed by atoms with van der Waals surface area (Å²) in [5.41, 5.74) is 0.828. The molecule has 0 heterocycles. The first-order chi connectivity index (χ1) is 9.60. The minimum Gasteiger partial charge on any atom is -0.493 e. The van der Waals surface area contributed by atoms with Crippen molar-refractivity contribution in [1.29, 1.82) is 5.26 Å². The number of ether oxygens (including phenoxy) is 2. The quantitative estimate of drug-likeness (QED) is 0.828. The molecule has 5 nitrogen and oxygen atoms in total. The van der Waals surface area contributed by atoms with Gasteiger partial charge in [-0.05, 0) is 31.0 Å². The Hall–Kier alpha value is -2.29. The molecule has 0 aliphatic heterocycles. The second-order valence-electron chi connectivity index (χ2n) is 4.16. The van der Waals surface area contributed by atoms with E-state index < -0.39 is 12.9 Å². The number of alkyl halides is 1. The number of methoxy groups -OCH3 is 1. The Kier molecular flexibility index (Phi) is 6.30. The number of nitrogens with zero attached hydrogens (tertiary/aromatic N) is 1. The molecule has 0 aromatic heterocycles. The van der Waals surface area contributed by atoms with Crippen LogP contribution in [0, 0.1) is 11.3 Å². The van der Waals surface area contributed by atoms with Gasteiger partial charge in [0.1, 0.15) is 6.04 Å². The van der Waals surface area contributed by atoms with E-state index in [9.17, 15) is 9.18 Å². The van der Waals surface area contributed by atoms with Gasteiger partial charge in [-0.25, -0.2) is 4.39 Å². The summed E-state index contributed by atoms with van der Waals surface area (Å²) in [5.74, 6) is 0.537. The van der Waals surface area contributed by atoms with Crippen LogP contribution in [0.1, 0.15) is 18.9 Å². The van der Waals surface area contributed by atoms with Crippen molar-refractivity contribution >= 4 is 5.91 Å². The van der Waals surface area contributed by atoms with Crippen molar-refractivity contribution in [2.45, 2.75) is 25.8 Å². The van der Waals surface area contributed by atoms with Crippen molar-refractivity contribution in [2.75, 3.05) is 14.0 Å². The molecule has 1 atom stereocenters. The van der Waals surface area contributed by atoms with E-state index in [1.807, 2.05) is 6.07 Å². The highest BCUT2D eigenvalue weighted by molar-refractivity contribution is 5.76. The Morgan fingerprint density at radius 2 is 2.25 bits per heavy atom. The average Bonchev–Trinajstić information content (AvgIpc) is 2.45. The standard InChI is InChI=1S/C14H17FN2O3/c1-10(8-16)17-14(18)6-4-11-3-5-12(19-2)13(7-11)20-9-15/h3,5,7,10H,4,6,9H2,1-2H3,(H,17,18). The Morgan fingerprint density at radius 3 is 2.85 bits per heavy atom. The van der Waals surface area contributed by atoms with E-state index in [-0.39, 0.29) is 12.3 Å². The number of rotatable bonds is 7. The number of aryl methyl sites for hydroxylation is 1. The van der Waals surface area contributed by atoms with E-state index in [1.54, 1.807) is 25.1 Å². The van der Waals surface area contributed by atoms with Crippen LogP contribution in [0.3, 0.4) is 0 Å². The van der Waals surface area contributed by atoms with Gasteiger partial charge in [-0.15, -0.1) is 0 Å². The number of amides is 1. The third-order valence-electron chi connectivity index (χ3n) is 2.65. The minimum absolute atomic E-state index is 0.206. The summed E-state index contributed by atoms with van der Waals surface area (Å²) in [4.78, 5) is 11.5. The molecule has 0 aliphatic rings. The largest absolute Gasteiger partial charge is 0.493 e. The monoisotopic (exact) mass is 280 g/mol. The van der Waals surface area contributed by atoms with Crippen molar-refractivity contribution in [2.24, 2.45) is 0 Å². The molecule has 1 aromatic rings. The summed E-state index contributed by atoms with van der Waals surface area (Å²) >= 11 is 0. The van der Waals surface area contributed by atoms with Gasteiger partial charge in [0.25, 0.3) is 0 Å². The molecule has 1 aromatic carbocycles. The molecule has 1 unspecified atom stereocenters. The molecule has 0 saturated carbocycles. The highest BCUT2D eigenvalue weighted by atomic mass is 19.1. The number of hydrogen-bond acceptors (Lipinski definition) is 4. The van der Waals surface area contributed by atoms with Crippen LogP contribution in [-0.2, 0) is 11.2 Å². The van der Waals surface area contributed by atoms with Crippen LogP contribution in [0.2, 0.25) is 0 Å². The predicted octanol–water partition coefficient (Wildman–Crippen LogP) is 1.96. The number of nitriles is 1. The lowest BCUT2D eigenvalue weighted by Gasteiger charge is -2.10. The molecule has 0 aliphatic carbocycles. The summed E-state index contributed by atoms with van der Waals surface area (Å²) in [6.07, 6.45) is 0.712. The van der Waals surface area contributed by atoms with Crippen molar-refractivity contribution < 1.29 is 18.7 Å². The zero-order valence-corrected chi connectivity index (χ0v) is 11.5. The first-order valence-corrected chi connectivity index (χ1v) is 6.15. The molecule has 1 amide bonds. The van der Waals surface area contributed by atoms with Crippen LogP contribution in [0.15, 0.2) is 18.2 Å². The smallest absolute Gasteiger partial charge is 0.228 e. The van der Waals surface area contributed by atoms with Crippen LogP contribution in [-0.4, -0.2) is 25.9 Å². The third-order valence-corrected chi connectivity index (χ3v) is 2.65. The summed E-state index contributed by atoms with van der Waals surface area (Å²) in [6, 6.07) is 6.50. The van der Waals surface area contributed by atoms with Gasteiger partial charge >= 0.3 is 0 Å². The maximum atomic E-state index is 12.3. The lowest BCUT2D eigenvalue weighted by atomic mass is 10.1. The lowest BCUT2D eigenvalue weighted by molar-refractivity contribution is -0.121. The number of halogens is 1. The molecule has 1 N–H and O–H groups in total. The second-order valence-corrected chi connectivity index (χ2v) is 4.16. The summed E-state index contributed by atoms with van der Waals surface area (Å²) in [5, 5.41) is 11.1. The number of benzene rings is 1. The van der Waals surface area contributed by atoms with Gasteiger partial charge in [-0.2, -0.15) is 5.26 Å². The minimum atomic E-state index is -0.944. The van der Waals surface area contributed by atoms with Crippen LogP contribution in [0.25, 0.3) is 0 Å². The maximum absolute atomic E-state index is 12.3. The van der Waals surface area contributed by atoms with Crippen molar-refractivity contribution in [3.05, 3.63) is 23.8 Å². The lowest BCUT2D eigenvalue weighted by Crippen LogP contribution is -2.31. The molecule has 0 bridgehead atoms. The van der Waals surface area contributed by atoms with E-state index in [1.165, 1.54) is 7.11 Å². The van der Waals surface area contributed by atoms with Gasteiger partial charge < -0.3 is 14.8 Å². The van der Waals surface area contributed by atoms with Gasteiger partial charge in [0.05, 0.1) is 13.2 Å². The maximum Gasteiger partial charge on any atom is 0.228 e. The normalized spacial score (nSPS) is 11.3. The van der Waals surface area contributed by atoms with Gasteiger partial charge in [0.15, 0.2) is 11.5 Å². The first-order valence-electron chi connectivity index (χ1n) is 6.15. The Bertz CT molecular complexity index is 500. The first kappa shape index (κ1) is 15.8. The van der Waals surface area contributed by atoms with Crippen molar-refractivity contribution in [3.8, 4) is 17.6 Å². The van der Waals surface area contributed by atoms with E-state index >= 15 is 0 Å². The van der Waals surface area contributed by atoms with Gasteiger partial charge in [-0.1, -0.05) is 6.07 Å². The molecule has 0 fully saturated rings. The van der Waals surface area contributed by atoms with Gasteiger partial charge in [-0.3, -0.25) is 4.79 Å². The molecule has 6 heteroatoms. The van der Waals surface area contributed by atoms with Crippen molar-refractivity contribution in [1.82, 2.24) is 5.32 Å². The van der Waals surface area contributed by atoms with Crippen LogP contribution in [0.5, 0.6) is 11.5 Å². The number of hydrogen-bond donors (Lipinski definition) is 1. The van der Waals surface area contributed by atoms with Crippen LogP contribution >= 0.6 is 0 Å². The zero-order chi connectivity index (χ0) is 15.0. The van der Waals surface area contributed by atoms with E-state index in [0.29, 0.717) is 17.9 Å². The van der Waals surface area contributed by atoms with Crippen LogP contribution < -0.4 is 14.8 Å². The summed E-state index contributed by atoms with van der Waals surface area (Å²) in [7, 11) is 1.47. The molecular weight excluding hydrogens is 263 g/mol. The molecule has 108 valence electrons. The number of carbonyl (C=O) groups is 1. The number of nitrogens with one attached hydrogen (secondary N) is 1. The zero-order valence-electron chi connectivity index (χ0n) is 11.5. The highest BCUT2D eigenvalue weighted by Crippen LogP contribution is 2.28.